The first kappa shape index (κ1) is 16.2. The predicted molar refractivity (Wildman–Crippen MR) is 93.5 cm³/mol. The summed E-state index contributed by atoms with van der Waals surface area (Å²) >= 11 is 3.24. The molecule has 0 aromatic carbocycles. The van der Waals surface area contributed by atoms with Gasteiger partial charge in [-0.2, -0.15) is 11.3 Å². The first-order chi connectivity index (χ1) is 11.1. The normalized spacial score (nSPS) is 18.8. The van der Waals surface area contributed by atoms with Crippen molar-refractivity contribution in [2.24, 2.45) is 0 Å². The van der Waals surface area contributed by atoms with Gasteiger partial charge in [-0.1, -0.05) is 6.07 Å². The maximum absolute atomic E-state index is 12.8. The van der Waals surface area contributed by atoms with Crippen molar-refractivity contribution in [1.82, 2.24) is 10.2 Å². The molecule has 3 rings (SSSR count). The Morgan fingerprint density at radius 1 is 1.39 bits per heavy atom. The molecule has 1 aliphatic heterocycles. The van der Waals surface area contributed by atoms with E-state index in [0.29, 0.717) is 6.42 Å². The smallest absolute Gasteiger partial charge is 0.225 e. The van der Waals surface area contributed by atoms with E-state index in [1.165, 1.54) is 12.5 Å². The molecule has 0 unspecified atom stereocenters. The maximum atomic E-state index is 12.8. The molecular formula is C17H20N2O2S2. The second-order valence-corrected chi connectivity index (χ2v) is 7.53. The van der Waals surface area contributed by atoms with E-state index >= 15 is 0 Å². The number of rotatable bonds is 5. The summed E-state index contributed by atoms with van der Waals surface area (Å²) < 4.78 is 0. The lowest BCUT2D eigenvalue weighted by atomic mass is 10.1. The monoisotopic (exact) mass is 348 g/mol. The van der Waals surface area contributed by atoms with Crippen LogP contribution in [0.5, 0.6) is 0 Å². The molecule has 0 saturated carbocycles. The summed E-state index contributed by atoms with van der Waals surface area (Å²) in [6.45, 7) is 2.30. The topological polar surface area (TPSA) is 49.4 Å². The van der Waals surface area contributed by atoms with Gasteiger partial charge in [-0.05, 0) is 46.7 Å². The molecule has 0 spiro atoms. The number of thiophene rings is 2. The van der Waals surface area contributed by atoms with Crippen molar-refractivity contribution in [3.8, 4) is 0 Å². The van der Waals surface area contributed by atoms with Crippen LogP contribution in [0.15, 0.2) is 34.3 Å². The molecule has 2 aromatic heterocycles. The largest absolute Gasteiger partial charge is 0.348 e. The molecule has 1 saturated heterocycles. The Morgan fingerprint density at radius 3 is 2.91 bits per heavy atom. The van der Waals surface area contributed by atoms with Crippen LogP contribution in [0.25, 0.3) is 0 Å². The average Bonchev–Trinajstić information content (AvgIpc) is 3.25. The van der Waals surface area contributed by atoms with Gasteiger partial charge in [-0.3, -0.25) is 9.59 Å². The first-order valence-electron chi connectivity index (χ1n) is 7.77. The van der Waals surface area contributed by atoms with Crippen LogP contribution in [0.1, 0.15) is 48.7 Å². The van der Waals surface area contributed by atoms with E-state index in [0.717, 1.165) is 24.3 Å². The molecule has 0 bridgehead atoms. The first-order valence-corrected chi connectivity index (χ1v) is 9.59. The highest BCUT2D eigenvalue weighted by Crippen LogP contribution is 2.34. The molecule has 23 heavy (non-hydrogen) atoms. The number of hydrogen-bond donors (Lipinski definition) is 1. The van der Waals surface area contributed by atoms with Crippen LogP contribution in [-0.4, -0.2) is 23.3 Å². The molecule has 3 heterocycles. The quantitative estimate of drug-likeness (QED) is 0.895. The van der Waals surface area contributed by atoms with Crippen molar-refractivity contribution in [2.75, 3.05) is 6.54 Å². The highest BCUT2D eigenvalue weighted by molar-refractivity contribution is 7.10. The molecule has 1 aliphatic rings. The number of hydrogen-bond acceptors (Lipinski definition) is 4. The Hall–Kier alpha value is -1.66. The third-order valence-corrected chi connectivity index (χ3v) is 5.83. The zero-order valence-corrected chi connectivity index (χ0v) is 14.7. The van der Waals surface area contributed by atoms with Gasteiger partial charge in [0.15, 0.2) is 0 Å². The predicted octanol–water partition coefficient (Wildman–Crippen LogP) is 3.74. The van der Waals surface area contributed by atoms with E-state index in [4.69, 9.17) is 0 Å². The van der Waals surface area contributed by atoms with Crippen LogP contribution in [0.3, 0.4) is 0 Å². The third kappa shape index (κ3) is 3.82. The highest BCUT2D eigenvalue weighted by atomic mass is 32.1. The van der Waals surface area contributed by atoms with Gasteiger partial charge < -0.3 is 10.2 Å². The summed E-state index contributed by atoms with van der Waals surface area (Å²) in [5.41, 5.74) is 1.23. The standard InChI is InChI=1S/C17H20N2O2S2/c1-12(20)18-14(16-5-3-8-23-16)10-17(21)19-7-2-4-15(19)13-6-9-22-11-13/h3,5-6,8-9,11,14-15H,2,4,7,10H2,1H3,(H,18,20)/t14-,15+/m0/s1. The Labute approximate surface area is 144 Å². The Kier molecular flexibility index (Phi) is 5.13. The van der Waals surface area contributed by atoms with Crippen molar-refractivity contribution in [1.29, 1.82) is 0 Å². The number of carbonyl (C=O) groups excluding carboxylic acids is 2. The summed E-state index contributed by atoms with van der Waals surface area (Å²) in [5, 5.41) is 9.07. The molecule has 1 fully saturated rings. The van der Waals surface area contributed by atoms with Crippen LogP contribution in [0.2, 0.25) is 0 Å². The fraction of sp³-hybridized carbons (Fsp3) is 0.412. The zero-order valence-electron chi connectivity index (χ0n) is 13.0. The Balaban J connectivity index is 1.72. The summed E-state index contributed by atoms with van der Waals surface area (Å²) in [6.07, 6.45) is 2.38. The van der Waals surface area contributed by atoms with Gasteiger partial charge in [0.1, 0.15) is 0 Å². The lowest BCUT2D eigenvalue weighted by Crippen LogP contribution is -2.35. The van der Waals surface area contributed by atoms with Gasteiger partial charge in [0, 0.05) is 18.3 Å². The van der Waals surface area contributed by atoms with Gasteiger partial charge in [-0.15, -0.1) is 11.3 Å². The molecule has 0 aliphatic carbocycles. The summed E-state index contributed by atoms with van der Waals surface area (Å²) in [7, 11) is 0. The number of amides is 2. The van der Waals surface area contributed by atoms with Crippen LogP contribution in [0, 0.1) is 0 Å². The molecule has 6 heteroatoms. The van der Waals surface area contributed by atoms with Crippen molar-refractivity contribution in [2.45, 2.75) is 38.3 Å². The van der Waals surface area contributed by atoms with E-state index in [-0.39, 0.29) is 23.9 Å². The van der Waals surface area contributed by atoms with Crippen molar-refractivity contribution >= 4 is 34.5 Å². The van der Waals surface area contributed by atoms with Gasteiger partial charge >= 0.3 is 0 Å². The number of carbonyl (C=O) groups is 2. The molecule has 2 atom stereocenters. The zero-order chi connectivity index (χ0) is 16.2. The van der Waals surface area contributed by atoms with Gasteiger partial charge in [0.2, 0.25) is 11.8 Å². The Morgan fingerprint density at radius 2 is 2.26 bits per heavy atom. The number of likely N-dealkylation sites (tertiary alicyclic amines) is 1. The van der Waals surface area contributed by atoms with E-state index in [2.05, 4.69) is 22.1 Å². The maximum Gasteiger partial charge on any atom is 0.225 e. The number of nitrogens with one attached hydrogen (secondary N) is 1. The van der Waals surface area contributed by atoms with E-state index in [9.17, 15) is 9.59 Å². The van der Waals surface area contributed by atoms with Crippen LogP contribution in [-0.2, 0) is 9.59 Å². The fourth-order valence-electron chi connectivity index (χ4n) is 3.13. The molecule has 0 radical (unpaired) electrons. The van der Waals surface area contributed by atoms with Crippen LogP contribution >= 0.6 is 22.7 Å². The van der Waals surface area contributed by atoms with Crippen LogP contribution in [0.4, 0.5) is 0 Å². The molecular weight excluding hydrogens is 328 g/mol. The van der Waals surface area contributed by atoms with E-state index in [1.807, 2.05) is 22.4 Å². The minimum Gasteiger partial charge on any atom is -0.348 e. The Bertz CT molecular complexity index is 652. The van der Waals surface area contributed by atoms with Gasteiger partial charge in [-0.25, -0.2) is 0 Å². The van der Waals surface area contributed by atoms with Crippen LogP contribution < -0.4 is 5.32 Å². The highest BCUT2D eigenvalue weighted by Gasteiger charge is 2.31. The van der Waals surface area contributed by atoms with Crippen molar-refractivity contribution in [3.05, 3.63) is 44.8 Å². The van der Waals surface area contributed by atoms with Crippen molar-refractivity contribution < 1.29 is 9.59 Å². The van der Waals surface area contributed by atoms with Crippen molar-refractivity contribution in [3.63, 3.8) is 0 Å². The van der Waals surface area contributed by atoms with E-state index in [1.54, 1.807) is 22.7 Å². The summed E-state index contributed by atoms with van der Waals surface area (Å²) in [4.78, 5) is 27.3. The second kappa shape index (κ2) is 7.27. The third-order valence-electron chi connectivity index (χ3n) is 4.14. The summed E-state index contributed by atoms with van der Waals surface area (Å²) in [5.74, 6) is 0.0119. The lowest BCUT2D eigenvalue weighted by Gasteiger charge is -2.26. The van der Waals surface area contributed by atoms with Gasteiger partial charge in [0.25, 0.3) is 0 Å². The molecule has 2 aromatic rings. The van der Waals surface area contributed by atoms with Gasteiger partial charge in [0.05, 0.1) is 18.5 Å². The minimum absolute atomic E-state index is 0.105. The second-order valence-electron chi connectivity index (χ2n) is 5.77. The SMILES string of the molecule is CC(=O)N[C@@H](CC(=O)N1CCC[C@@H]1c1ccsc1)c1cccs1. The molecule has 4 nitrogen and oxygen atoms in total. The fourth-order valence-corrected chi connectivity index (χ4v) is 4.61. The minimum atomic E-state index is -0.233. The summed E-state index contributed by atoms with van der Waals surface area (Å²) in [6, 6.07) is 5.98. The molecule has 122 valence electrons. The molecule has 1 N–H and O–H groups in total. The number of nitrogens with zero attached hydrogens (tertiary/aromatic N) is 1. The van der Waals surface area contributed by atoms with E-state index < -0.39 is 0 Å². The molecule has 2 amide bonds. The lowest BCUT2D eigenvalue weighted by molar-refractivity contribution is -0.133. The average molecular weight is 348 g/mol.